The zero-order chi connectivity index (χ0) is 15.4. The lowest BCUT2D eigenvalue weighted by Gasteiger charge is -2.32. The normalized spacial score (nSPS) is 19.5. The molecule has 118 valence electrons. The molecule has 22 heavy (non-hydrogen) atoms. The van der Waals surface area contributed by atoms with Gasteiger partial charge in [-0.2, -0.15) is 0 Å². The van der Waals surface area contributed by atoms with Gasteiger partial charge in [0.1, 0.15) is 11.6 Å². The Labute approximate surface area is 131 Å². The number of piperidine rings is 1. The molecular formula is C18H24FN3. The van der Waals surface area contributed by atoms with Crippen LogP contribution in [0, 0.1) is 11.7 Å². The number of aromatic nitrogens is 2. The third kappa shape index (κ3) is 3.95. The van der Waals surface area contributed by atoms with E-state index in [0.29, 0.717) is 5.92 Å². The average molecular weight is 301 g/mol. The fourth-order valence-electron chi connectivity index (χ4n) is 3.34. The van der Waals surface area contributed by atoms with Crippen molar-refractivity contribution in [3.63, 3.8) is 0 Å². The summed E-state index contributed by atoms with van der Waals surface area (Å²) in [6.07, 6.45) is 8.51. The largest absolute Gasteiger partial charge is 0.337 e. The van der Waals surface area contributed by atoms with Gasteiger partial charge >= 0.3 is 0 Å². The molecule has 0 aliphatic carbocycles. The predicted octanol–water partition coefficient (Wildman–Crippen LogP) is 3.40. The van der Waals surface area contributed by atoms with Gasteiger partial charge in [-0.05, 0) is 55.8 Å². The van der Waals surface area contributed by atoms with Gasteiger partial charge in [-0.25, -0.2) is 9.37 Å². The van der Waals surface area contributed by atoms with Gasteiger partial charge in [-0.3, -0.25) is 4.90 Å². The monoisotopic (exact) mass is 301 g/mol. The van der Waals surface area contributed by atoms with E-state index < -0.39 is 0 Å². The Morgan fingerprint density at radius 2 is 2.27 bits per heavy atom. The summed E-state index contributed by atoms with van der Waals surface area (Å²) in [6, 6.07) is 7.00. The van der Waals surface area contributed by atoms with E-state index in [2.05, 4.69) is 14.5 Å². The lowest BCUT2D eigenvalue weighted by molar-refractivity contribution is 0.157. The predicted molar refractivity (Wildman–Crippen MR) is 85.9 cm³/mol. The second-order valence-electron chi connectivity index (χ2n) is 6.37. The summed E-state index contributed by atoms with van der Waals surface area (Å²) in [7, 11) is 2.05. The molecule has 0 bridgehead atoms. The molecule has 1 aliphatic rings. The van der Waals surface area contributed by atoms with E-state index in [1.807, 2.05) is 25.5 Å². The van der Waals surface area contributed by atoms with E-state index >= 15 is 0 Å². The van der Waals surface area contributed by atoms with E-state index in [1.165, 1.54) is 18.9 Å². The second kappa shape index (κ2) is 7.05. The van der Waals surface area contributed by atoms with Gasteiger partial charge in [-0.1, -0.05) is 12.1 Å². The molecule has 1 aliphatic heterocycles. The molecule has 0 spiro atoms. The highest BCUT2D eigenvalue weighted by Gasteiger charge is 2.20. The number of rotatable bonds is 5. The van der Waals surface area contributed by atoms with Crippen molar-refractivity contribution < 1.29 is 4.39 Å². The molecule has 3 rings (SSSR count). The third-order valence-electron chi connectivity index (χ3n) is 4.62. The summed E-state index contributed by atoms with van der Waals surface area (Å²) in [5.74, 6) is 1.71. The van der Waals surface area contributed by atoms with E-state index in [4.69, 9.17) is 0 Å². The van der Waals surface area contributed by atoms with Gasteiger partial charge in [0.15, 0.2) is 0 Å². The highest BCUT2D eigenvalue weighted by molar-refractivity contribution is 5.16. The van der Waals surface area contributed by atoms with Crippen LogP contribution in [-0.2, 0) is 20.0 Å². The Hall–Kier alpha value is -1.68. The van der Waals surface area contributed by atoms with Gasteiger partial charge < -0.3 is 4.57 Å². The molecule has 1 atom stereocenters. The Morgan fingerprint density at radius 1 is 1.36 bits per heavy atom. The smallest absolute Gasteiger partial charge is 0.123 e. The molecule has 0 N–H and O–H groups in total. The van der Waals surface area contributed by atoms with Gasteiger partial charge in [0.2, 0.25) is 0 Å². The maximum Gasteiger partial charge on any atom is 0.123 e. The summed E-state index contributed by atoms with van der Waals surface area (Å²) in [5.41, 5.74) is 1.11. The summed E-state index contributed by atoms with van der Waals surface area (Å²) in [4.78, 5) is 6.92. The third-order valence-corrected chi connectivity index (χ3v) is 4.62. The lowest BCUT2D eigenvalue weighted by Crippen LogP contribution is -2.35. The van der Waals surface area contributed by atoms with Crippen LogP contribution in [0.3, 0.4) is 0 Å². The zero-order valence-corrected chi connectivity index (χ0v) is 13.2. The molecule has 0 saturated carbocycles. The van der Waals surface area contributed by atoms with Crippen molar-refractivity contribution in [1.29, 1.82) is 0 Å². The summed E-state index contributed by atoms with van der Waals surface area (Å²) < 4.78 is 15.3. The highest BCUT2D eigenvalue weighted by Crippen LogP contribution is 2.22. The summed E-state index contributed by atoms with van der Waals surface area (Å²) in [6.45, 7) is 3.21. The minimum absolute atomic E-state index is 0.127. The van der Waals surface area contributed by atoms with Crippen molar-refractivity contribution in [2.45, 2.75) is 32.2 Å². The van der Waals surface area contributed by atoms with Crippen LogP contribution in [0.1, 0.15) is 30.7 Å². The topological polar surface area (TPSA) is 21.1 Å². The number of likely N-dealkylation sites (tertiary alicyclic amines) is 1. The zero-order valence-electron chi connectivity index (χ0n) is 13.2. The van der Waals surface area contributed by atoms with Gasteiger partial charge in [0.25, 0.3) is 0 Å². The minimum Gasteiger partial charge on any atom is -0.337 e. The number of benzene rings is 1. The summed E-state index contributed by atoms with van der Waals surface area (Å²) >= 11 is 0. The molecule has 0 unspecified atom stereocenters. The number of halogens is 1. The molecule has 1 saturated heterocycles. The number of imidazole rings is 1. The van der Waals surface area contributed by atoms with E-state index in [9.17, 15) is 4.39 Å². The van der Waals surface area contributed by atoms with Crippen molar-refractivity contribution in [3.8, 4) is 0 Å². The number of nitrogens with zero attached hydrogens (tertiary/aromatic N) is 3. The summed E-state index contributed by atoms with van der Waals surface area (Å²) in [5, 5.41) is 0. The van der Waals surface area contributed by atoms with Crippen LogP contribution in [0.5, 0.6) is 0 Å². The van der Waals surface area contributed by atoms with E-state index in [-0.39, 0.29) is 5.82 Å². The molecular weight excluding hydrogens is 277 g/mol. The first kappa shape index (κ1) is 15.2. The van der Waals surface area contributed by atoms with Crippen molar-refractivity contribution >= 4 is 0 Å². The average Bonchev–Trinajstić information content (AvgIpc) is 2.91. The highest BCUT2D eigenvalue weighted by atomic mass is 19.1. The van der Waals surface area contributed by atoms with Gasteiger partial charge in [0, 0.05) is 26.0 Å². The molecule has 4 heteroatoms. The minimum atomic E-state index is -0.127. The van der Waals surface area contributed by atoms with Crippen LogP contribution in [0.4, 0.5) is 4.39 Å². The van der Waals surface area contributed by atoms with Crippen molar-refractivity contribution in [1.82, 2.24) is 14.5 Å². The first-order valence-electron chi connectivity index (χ1n) is 8.14. The SMILES string of the molecule is Cn1ccnc1CN1CCC[C@@H](CCc2cccc(F)c2)C1. The Morgan fingerprint density at radius 3 is 3.05 bits per heavy atom. The number of hydrogen-bond donors (Lipinski definition) is 0. The standard InChI is InChI=1S/C18H24FN3/c1-21-11-9-20-18(21)14-22-10-3-5-16(13-22)8-7-15-4-2-6-17(19)12-15/h2,4,6,9,11-12,16H,3,5,7-8,10,13-14H2,1H3/t16-/m0/s1. The van der Waals surface area contributed by atoms with Crippen LogP contribution in [-0.4, -0.2) is 27.5 Å². The Kier molecular flexibility index (Phi) is 4.88. The molecule has 1 aromatic carbocycles. The van der Waals surface area contributed by atoms with Crippen molar-refractivity contribution in [2.24, 2.45) is 13.0 Å². The van der Waals surface area contributed by atoms with Crippen molar-refractivity contribution in [3.05, 3.63) is 53.9 Å². The molecule has 0 radical (unpaired) electrons. The quantitative estimate of drug-likeness (QED) is 0.844. The molecule has 1 fully saturated rings. The van der Waals surface area contributed by atoms with Crippen LogP contribution in [0.2, 0.25) is 0 Å². The second-order valence-corrected chi connectivity index (χ2v) is 6.37. The first-order chi connectivity index (χ1) is 10.7. The van der Waals surface area contributed by atoms with Crippen LogP contribution in [0.15, 0.2) is 36.7 Å². The molecule has 0 amide bonds. The number of aryl methyl sites for hydroxylation is 2. The Bertz CT molecular complexity index is 608. The Balaban J connectivity index is 1.51. The fraction of sp³-hybridized carbons (Fsp3) is 0.500. The van der Waals surface area contributed by atoms with E-state index in [0.717, 1.165) is 43.9 Å². The molecule has 1 aromatic heterocycles. The van der Waals surface area contributed by atoms with Crippen molar-refractivity contribution in [2.75, 3.05) is 13.1 Å². The molecule has 2 aromatic rings. The van der Waals surface area contributed by atoms with Gasteiger partial charge in [-0.15, -0.1) is 0 Å². The fourth-order valence-corrected chi connectivity index (χ4v) is 3.34. The first-order valence-corrected chi connectivity index (χ1v) is 8.14. The molecule has 2 heterocycles. The van der Waals surface area contributed by atoms with Crippen LogP contribution in [0.25, 0.3) is 0 Å². The van der Waals surface area contributed by atoms with E-state index in [1.54, 1.807) is 12.1 Å². The molecule has 3 nitrogen and oxygen atoms in total. The van der Waals surface area contributed by atoms with Gasteiger partial charge in [0.05, 0.1) is 6.54 Å². The number of hydrogen-bond acceptors (Lipinski definition) is 2. The maximum atomic E-state index is 13.2. The van der Waals surface area contributed by atoms with Crippen LogP contribution < -0.4 is 0 Å². The maximum absolute atomic E-state index is 13.2. The van der Waals surface area contributed by atoms with Crippen LogP contribution >= 0.6 is 0 Å². The lowest BCUT2D eigenvalue weighted by atomic mass is 9.91.